The fraction of sp³-hybridized carbons (Fsp3) is 0.316. The first-order valence-corrected chi connectivity index (χ1v) is 8.72. The molecule has 0 saturated carbocycles. The van der Waals surface area contributed by atoms with Crippen LogP contribution in [0.3, 0.4) is 0 Å². The molecule has 1 N–H and O–H groups in total. The maximum Gasteiger partial charge on any atom is 0.332 e. The zero-order valence-corrected chi connectivity index (χ0v) is 15.7. The van der Waals surface area contributed by atoms with E-state index < -0.39 is 17.4 Å². The Morgan fingerprint density at radius 3 is 2.41 bits per heavy atom. The van der Waals surface area contributed by atoms with Gasteiger partial charge < -0.3 is 9.67 Å². The van der Waals surface area contributed by atoms with Crippen LogP contribution in [0.2, 0.25) is 0 Å². The number of rotatable bonds is 3. The Bertz CT molecular complexity index is 1290. The molecule has 1 aromatic carbocycles. The lowest BCUT2D eigenvalue weighted by Crippen LogP contribution is -2.37. The Morgan fingerprint density at radius 2 is 1.78 bits per heavy atom. The van der Waals surface area contributed by atoms with Crippen molar-refractivity contribution in [2.45, 2.75) is 26.5 Å². The molecule has 0 radical (unpaired) electrons. The molecule has 0 aliphatic carbocycles. The number of aryl methyl sites for hydroxylation is 2. The van der Waals surface area contributed by atoms with E-state index in [1.165, 1.54) is 11.6 Å². The van der Waals surface area contributed by atoms with Gasteiger partial charge in [-0.3, -0.25) is 18.3 Å². The predicted molar refractivity (Wildman–Crippen MR) is 103 cm³/mol. The third-order valence-electron chi connectivity index (χ3n) is 4.85. The van der Waals surface area contributed by atoms with Gasteiger partial charge in [-0.2, -0.15) is 4.98 Å². The number of hydrogen-bond acceptors (Lipinski definition) is 4. The van der Waals surface area contributed by atoms with Crippen molar-refractivity contribution in [3.05, 3.63) is 56.9 Å². The smallest absolute Gasteiger partial charge is 0.332 e. The molecule has 0 unspecified atom stereocenters. The number of aliphatic hydroxyl groups excluding tert-OH is 1. The van der Waals surface area contributed by atoms with Crippen LogP contribution in [0, 0.1) is 6.92 Å². The van der Waals surface area contributed by atoms with Crippen LogP contribution >= 0.6 is 0 Å². The molecule has 0 bridgehead atoms. The van der Waals surface area contributed by atoms with Gasteiger partial charge in [-0.05, 0) is 19.4 Å². The van der Waals surface area contributed by atoms with E-state index in [9.17, 15) is 14.7 Å². The average molecular weight is 367 g/mol. The molecule has 0 fully saturated rings. The quantitative estimate of drug-likeness (QED) is 0.586. The molecule has 140 valence electrons. The third-order valence-corrected chi connectivity index (χ3v) is 4.85. The van der Waals surface area contributed by atoms with Gasteiger partial charge in [-0.25, -0.2) is 4.79 Å². The highest BCUT2D eigenvalue weighted by molar-refractivity contribution is 5.78. The molecule has 8 nitrogen and oxygen atoms in total. The average Bonchev–Trinajstić information content (AvgIpc) is 3.16. The number of hydrogen-bond donors (Lipinski definition) is 1. The van der Waals surface area contributed by atoms with Crippen molar-refractivity contribution in [3.8, 4) is 11.3 Å². The molecular formula is C19H21N5O3. The van der Waals surface area contributed by atoms with Crippen LogP contribution in [0.15, 0.2) is 40.1 Å². The summed E-state index contributed by atoms with van der Waals surface area (Å²) in [6.45, 7) is 4.04. The van der Waals surface area contributed by atoms with Gasteiger partial charge in [0.2, 0.25) is 5.78 Å². The minimum Gasteiger partial charge on any atom is -0.392 e. The van der Waals surface area contributed by atoms with Gasteiger partial charge >= 0.3 is 5.69 Å². The number of imidazole rings is 2. The summed E-state index contributed by atoms with van der Waals surface area (Å²) in [4.78, 5) is 29.5. The molecule has 4 aromatic rings. The Morgan fingerprint density at radius 1 is 1.11 bits per heavy atom. The highest BCUT2D eigenvalue weighted by Crippen LogP contribution is 2.26. The summed E-state index contributed by atoms with van der Waals surface area (Å²) in [7, 11) is 3.05. The first kappa shape index (κ1) is 17.3. The van der Waals surface area contributed by atoms with Gasteiger partial charge in [-0.15, -0.1) is 0 Å². The fourth-order valence-corrected chi connectivity index (χ4v) is 3.41. The molecule has 0 aliphatic rings. The van der Waals surface area contributed by atoms with Crippen LogP contribution in [-0.4, -0.2) is 34.3 Å². The molecular weight excluding hydrogens is 346 g/mol. The maximum absolute atomic E-state index is 12.7. The van der Waals surface area contributed by atoms with Crippen molar-refractivity contribution < 1.29 is 5.11 Å². The number of aliphatic hydroxyl groups is 1. The van der Waals surface area contributed by atoms with Crippen LogP contribution in [0.4, 0.5) is 0 Å². The lowest BCUT2D eigenvalue weighted by molar-refractivity contribution is 0.175. The van der Waals surface area contributed by atoms with Gasteiger partial charge in [0.15, 0.2) is 11.2 Å². The normalized spacial score (nSPS) is 12.9. The zero-order valence-electron chi connectivity index (χ0n) is 15.7. The Labute approximate surface area is 154 Å². The summed E-state index contributed by atoms with van der Waals surface area (Å²) in [6.07, 6.45) is 1.24. The molecule has 8 heteroatoms. The Hall–Kier alpha value is -3.13. The zero-order chi connectivity index (χ0) is 19.5. The van der Waals surface area contributed by atoms with Crippen molar-refractivity contribution in [2.75, 3.05) is 0 Å². The summed E-state index contributed by atoms with van der Waals surface area (Å²) in [5, 5.41) is 9.99. The molecule has 0 saturated heterocycles. The van der Waals surface area contributed by atoms with Crippen molar-refractivity contribution >= 4 is 16.9 Å². The number of nitrogens with zero attached hydrogens (tertiary/aromatic N) is 5. The third kappa shape index (κ3) is 2.52. The number of aromatic nitrogens is 5. The second-order valence-corrected chi connectivity index (χ2v) is 7.00. The summed E-state index contributed by atoms with van der Waals surface area (Å²) in [5.74, 6) is 0.514. The summed E-state index contributed by atoms with van der Waals surface area (Å²) in [6, 6.07) is 8.02. The molecule has 0 amide bonds. The van der Waals surface area contributed by atoms with Crippen molar-refractivity contribution in [1.82, 2.24) is 23.1 Å². The van der Waals surface area contributed by atoms with Gasteiger partial charge in [-0.1, -0.05) is 29.8 Å². The SMILES string of the molecule is Cc1ccc(-c2cn3c4c(=O)n(C)c(=O)n(C)c4nc3n2C[C@@H](C)O)cc1. The highest BCUT2D eigenvalue weighted by Gasteiger charge is 2.21. The van der Waals surface area contributed by atoms with Gasteiger partial charge in [0, 0.05) is 20.3 Å². The van der Waals surface area contributed by atoms with E-state index in [1.54, 1.807) is 18.4 Å². The second-order valence-electron chi connectivity index (χ2n) is 7.00. The molecule has 3 heterocycles. The van der Waals surface area contributed by atoms with Crippen LogP contribution in [0.25, 0.3) is 28.2 Å². The van der Waals surface area contributed by atoms with E-state index in [0.717, 1.165) is 21.4 Å². The van der Waals surface area contributed by atoms with E-state index in [2.05, 4.69) is 4.98 Å². The molecule has 4 rings (SSSR count). The molecule has 0 spiro atoms. The molecule has 1 atom stereocenters. The summed E-state index contributed by atoms with van der Waals surface area (Å²) >= 11 is 0. The van der Waals surface area contributed by atoms with Crippen LogP contribution in [-0.2, 0) is 20.6 Å². The van der Waals surface area contributed by atoms with Crippen molar-refractivity contribution in [3.63, 3.8) is 0 Å². The monoisotopic (exact) mass is 367 g/mol. The van der Waals surface area contributed by atoms with Gasteiger partial charge in [0.25, 0.3) is 5.56 Å². The van der Waals surface area contributed by atoms with Crippen LogP contribution < -0.4 is 11.2 Å². The minimum atomic E-state index is -0.600. The number of benzene rings is 1. The molecule has 27 heavy (non-hydrogen) atoms. The topological polar surface area (TPSA) is 86.5 Å². The summed E-state index contributed by atoms with van der Waals surface area (Å²) in [5.41, 5.74) is 2.80. The first-order chi connectivity index (χ1) is 12.8. The Balaban J connectivity index is 2.13. The lowest BCUT2D eigenvalue weighted by Gasteiger charge is -2.11. The molecule has 0 aliphatic heterocycles. The largest absolute Gasteiger partial charge is 0.392 e. The van der Waals surface area contributed by atoms with E-state index in [1.807, 2.05) is 42.0 Å². The van der Waals surface area contributed by atoms with E-state index in [0.29, 0.717) is 23.5 Å². The van der Waals surface area contributed by atoms with E-state index in [-0.39, 0.29) is 0 Å². The standard InChI is InChI=1S/C19H21N5O3/c1-11-5-7-13(8-6-11)14-10-24-15-16(20-18(24)23(14)9-12(2)25)21(3)19(27)22(4)17(15)26/h5-8,10,12,25H,9H2,1-4H3/t12-/m1/s1. The maximum atomic E-state index is 12.7. The highest BCUT2D eigenvalue weighted by atomic mass is 16.3. The first-order valence-electron chi connectivity index (χ1n) is 8.72. The van der Waals surface area contributed by atoms with Crippen molar-refractivity contribution in [1.29, 1.82) is 0 Å². The van der Waals surface area contributed by atoms with Crippen LogP contribution in [0.5, 0.6) is 0 Å². The minimum absolute atomic E-state index is 0.317. The van der Waals surface area contributed by atoms with E-state index in [4.69, 9.17) is 0 Å². The summed E-state index contributed by atoms with van der Waals surface area (Å²) < 4.78 is 6.02. The second kappa shape index (κ2) is 5.95. The van der Waals surface area contributed by atoms with E-state index >= 15 is 0 Å². The predicted octanol–water partition coefficient (Wildman–Crippen LogP) is 1.04. The number of fused-ring (bicyclic) bond motifs is 3. The van der Waals surface area contributed by atoms with Gasteiger partial charge in [0.1, 0.15) is 0 Å². The lowest BCUT2D eigenvalue weighted by atomic mass is 10.1. The molecule has 3 aromatic heterocycles. The van der Waals surface area contributed by atoms with Crippen molar-refractivity contribution in [2.24, 2.45) is 14.1 Å². The van der Waals surface area contributed by atoms with Gasteiger partial charge in [0.05, 0.1) is 18.3 Å². The Kier molecular flexibility index (Phi) is 3.81. The van der Waals surface area contributed by atoms with Crippen LogP contribution in [0.1, 0.15) is 12.5 Å². The fourth-order valence-electron chi connectivity index (χ4n) is 3.41.